The molecule has 0 aliphatic carbocycles. The molecule has 1 rings (SSSR count). The zero-order chi connectivity index (χ0) is 12.2. The van der Waals surface area contributed by atoms with Crippen LogP contribution in [0.5, 0.6) is 0 Å². The predicted octanol–water partition coefficient (Wildman–Crippen LogP) is 0.0308. The first-order valence-electron chi connectivity index (χ1n) is 4.24. The Kier molecular flexibility index (Phi) is 3.66. The molecule has 2 N–H and O–H groups in total. The molecule has 0 heterocycles. The average molecular weight is 239 g/mol. The Balaban J connectivity index is 3.08. The summed E-state index contributed by atoms with van der Waals surface area (Å²) >= 11 is 0. The van der Waals surface area contributed by atoms with E-state index >= 15 is 0 Å². The van der Waals surface area contributed by atoms with Crippen molar-refractivity contribution in [3.63, 3.8) is 0 Å². The second-order valence-electron chi connectivity index (χ2n) is 2.86. The topological polar surface area (TPSA) is 83.5 Å². The summed E-state index contributed by atoms with van der Waals surface area (Å²) in [5.74, 6) is 0.960. The highest BCUT2D eigenvalue weighted by atomic mass is 32.2. The van der Waals surface area contributed by atoms with Crippen LogP contribution in [-0.4, -0.2) is 26.0 Å². The van der Waals surface area contributed by atoms with Gasteiger partial charge in [-0.1, -0.05) is 18.1 Å². The lowest BCUT2D eigenvalue weighted by Gasteiger charge is -2.06. The molecule has 1 aromatic carbocycles. The molecule has 0 amide bonds. The van der Waals surface area contributed by atoms with Gasteiger partial charge in [-0.25, -0.2) is 8.42 Å². The molecule has 6 heteroatoms. The molecule has 0 bridgehead atoms. The van der Waals surface area contributed by atoms with E-state index in [1.165, 1.54) is 18.2 Å². The van der Waals surface area contributed by atoms with Crippen LogP contribution >= 0.6 is 0 Å². The van der Waals surface area contributed by atoms with Gasteiger partial charge in [0.05, 0.1) is 4.90 Å². The zero-order valence-corrected chi connectivity index (χ0v) is 8.99. The van der Waals surface area contributed by atoms with Crippen molar-refractivity contribution < 1.29 is 18.3 Å². The molecule has 0 saturated heterocycles. The third-order valence-electron chi connectivity index (χ3n) is 1.75. The molecule has 0 radical (unpaired) electrons. The standard InChI is InChI=1S/C10H9NO4S/c1-2-8-5-3-4-6-9(8)16(14,15)11-7-10(12)13/h1,3-6,11H,7H2,(H,12,13). The summed E-state index contributed by atoms with van der Waals surface area (Å²) in [6, 6.07) is 5.90. The molecule has 0 unspecified atom stereocenters. The van der Waals surface area contributed by atoms with Crippen molar-refractivity contribution in [2.45, 2.75) is 4.90 Å². The van der Waals surface area contributed by atoms with Gasteiger partial charge in [-0.3, -0.25) is 4.79 Å². The second-order valence-corrected chi connectivity index (χ2v) is 4.59. The van der Waals surface area contributed by atoms with Crippen molar-refractivity contribution in [2.24, 2.45) is 0 Å². The molecule has 0 atom stereocenters. The fourth-order valence-electron chi connectivity index (χ4n) is 1.05. The summed E-state index contributed by atoms with van der Waals surface area (Å²) in [7, 11) is -3.87. The Morgan fingerprint density at radius 2 is 2.06 bits per heavy atom. The van der Waals surface area contributed by atoms with Crippen LogP contribution < -0.4 is 4.72 Å². The van der Waals surface area contributed by atoms with E-state index in [-0.39, 0.29) is 10.5 Å². The van der Waals surface area contributed by atoms with Gasteiger partial charge >= 0.3 is 5.97 Å². The summed E-state index contributed by atoms with van der Waals surface area (Å²) in [4.78, 5) is 10.2. The Labute approximate surface area is 93.2 Å². The number of sulfonamides is 1. The van der Waals surface area contributed by atoms with E-state index in [0.717, 1.165) is 0 Å². The lowest BCUT2D eigenvalue weighted by atomic mass is 10.2. The molecule has 5 nitrogen and oxygen atoms in total. The van der Waals surface area contributed by atoms with Crippen LogP contribution in [-0.2, 0) is 14.8 Å². The predicted molar refractivity (Wildman–Crippen MR) is 57.2 cm³/mol. The summed E-state index contributed by atoms with van der Waals surface area (Å²) in [6.45, 7) is -0.679. The zero-order valence-electron chi connectivity index (χ0n) is 8.17. The second kappa shape index (κ2) is 4.79. The van der Waals surface area contributed by atoms with Crippen molar-refractivity contribution in [3.8, 4) is 12.3 Å². The van der Waals surface area contributed by atoms with Gasteiger partial charge in [0.25, 0.3) is 0 Å². The maximum Gasteiger partial charge on any atom is 0.318 e. The van der Waals surface area contributed by atoms with Gasteiger partial charge in [-0.05, 0) is 12.1 Å². The van der Waals surface area contributed by atoms with Gasteiger partial charge in [0.2, 0.25) is 10.0 Å². The van der Waals surface area contributed by atoms with Crippen molar-refractivity contribution in [2.75, 3.05) is 6.54 Å². The third-order valence-corrected chi connectivity index (χ3v) is 3.20. The third kappa shape index (κ3) is 2.82. The molecule has 84 valence electrons. The lowest BCUT2D eigenvalue weighted by molar-refractivity contribution is -0.135. The SMILES string of the molecule is C#Cc1ccccc1S(=O)(=O)NCC(=O)O. The van der Waals surface area contributed by atoms with Gasteiger partial charge in [0.1, 0.15) is 6.54 Å². The largest absolute Gasteiger partial charge is 0.480 e. The van der Waals surface area contributed by atoms with Crippen molar-refractivity contribution >= 4 is 16.0 Å². The van der Waals surface area contributed by atoms with Gasteiger partial charge in [0.15, 0.2) is 0 Å². The molecular formula is C10H9NO4S. The minimum Gasteiger partial charge on any atom is -0.480 e. The van der Waals surface area contributed by atoms with Crippen LogP contribution in [0.3, 0.4) is 0 Å². The molecule has 0 spiro atoms. The fourth-order valence-corrected chi connectivity index (χ4v) is 2.20. The summed E-state index contributed by atoms with van der Waals surface area (Å²) in [5, 5.41) is 8.38. The minimum atomic E-state index is -3.87. The number of carboxylic acids is 1. The van der Waals surface area contributed by atoms with Crippen molar-refractivity contribution in [1.82, 2.24) is 4.72 Å². The van der Waals surface area contributed by atoms with Gasteiger partial charge in [0, 0.05) is 5.56 Å². The first-order valence-corrected chi connectivity index (χ1v) is 5.73. The van der Waals surface area contributed by atoms with E-state index in [1.54, 1.807) is 6.07 Å². The first kappa shape index (κ1) is 12.2. The van der Waals surface area contributed by atoms with Crippen LogP contribution in [0.4, 0.5) is 0 Å². The van der Waals surface area contributed by atoms with Gasteiger partial charge < -0.3 is 5.11 Å². The van der Waals surface area contributed by atoms with E-state index in [4.69, 9.17) is 11.5 Å². The van der Waals surface area contributed by atoms with Gasteiger partial charge in [-0.2, -0.15) is 4.72 Å². The normalized spacial score (nSPS) is 10.7. The van der Waals surface area contributed by atoms with Crippen LogP contribution in [0.15, 0.2) is 29.2 Å². The number of aliphatic carboxylic acids is 1. The number of terminal acetylenes is 1. The van der Waals surface area contributed by atoms with E-state index in [1.807, 2.05) is 4.72 Å². The minimum absolute atomic E-state index is 0.0984. The summed E-state index contributed by atoms with van der Waals surface area (Å²) < 4.78 is 25.2. The summed E-state index contributed by atoms with van der Waals surface area (Å²) in [6.07, 6.45) is 5.14. The van der Waals surface area contributed by atoms with Crippen LogP contribution in [0.2, 0.25) is 0 Å². The lowest BCUT2D eigenvalue weighted by Crippen LogP contribution is -2.29. The Morgan fingerprint density at radius 1 is 1.44 bits per heavy atom. The number of carboxylic acid groups (broad SMARTS) is 1. The highest BCUT2D eigenvalue weighted by molar-refractivity contribution is 7.89. The molecule has 0 saturated carbocycles. The Hall–Kier alpha value is -1.84. The van der Waals surface area contributed by atoms with Crippen LogP contribution in [0.25, 0.3) is 0 Å². The maximum absolute atomic E-state index is 11.6. The number of carbonyl (C=O) groups is 1. The number of hydrogen-bond donors (Lipinski definition) is 2. The van der Waals surface area contributed by atoms with E-state index in [2.05, 4.69) is 5.92 Å². The molecule has 0 fully saturated rings. The quantitative estimate of drug-likeness (QED) is 0.726. The molecule has 0 aromatic heterocycles. The Morgan fingerprint density at radius 3 is 2.62 bits per heavy atom. The average Bonchev–Trinajstić information content (AvgIpc) is 2.26. The van der Waals surface area contributed by atoms with E-state index in [9.17, 15) is 13.2 Å². The number of nitrogens with one attached hydrogen (secondary N) is 1. The number of benzene rings is 1. The van der Waals surface area contributed by atoms with Gasteiger partial charge in [-0.15, -0.1) is 6.42 Å². The highest BCUT2D eigenvalue weighted by Crippen LogP contribution is 2.13. The van der Waals surface area contributed by atoms with Crippen molar-refractivity contribution in [1.29, 1.82) is 0 Å². The smallest absolute Gasteiger partial charge is 0.318 e. The monoisotopic (exact) mass is 239 g/mol. The molecule has 0 aliphatic heterocycles. The first-order chi connectivity index (χ1) is 7.47. The fraction of sp³-hybridized carbons (Fsp3) is 0.100. The highest BCUT2D eigenvalue weighted by Gasteiger charge is 2.17. The molecule has 16 heavy (non-hydrogen) atoms. The molecule has 0 aliphatic rings. The Bertz CT molecular complexity index is 542. The van der Waals surface area contributed by atoms with E-state index < -0.39 is 22.5 Å². The van der Waals surface area contributed by atoms with Crippen molar-refractivity contribution in [3.05, 3.63) is 29.8 Å². The number of rotatable bonds is 4. The number of hydrogen-bond acceptors (Lipinski definition) is 3. The molecule has 1 aromatic rings. The molecular weight excluding hydrogens is 230 g/mol. The van der Waals surface area contributed by atoms with Crippen LogP contribution in [0, 0.1) is 12.3 Å². The maximum atomic E-state index is 11.6. The van der Waals surface area contributed by atoms with Crippen LogP contribution in [0.1, 0.15) is 5.56 Å². The van der Waals surface area contributed by atoms with E-state index in [0.29, 0.717) is 0 Å². The summed E-state index contributed by atoms with van der Waals surface area (Å²) in [5.41, 5.74) is 0.195.